The van der Waals surface area contributed by atoms with Crippen molar-refractivity contribution in [3.05, 3.63) is 107 Å². The summed E-state index contributed by atoms with van der Waals surface area (Å²) in [5.74, 6) is -1.80. The molecule has 0 spiro atoms. The van der Waals surface area contributed by atoms with Gasteiger partial charge in [0.2, 0.25) is 0 Å². The summed E-state index contributed by atoms with van der Waals surface area (Å²) in [6.45, 7) is 0. The first-order valence-electron chi connectivity index (χ1n) is 9.42. The van der Waals surface area contributed by atoms with E-state index >= 15 is 8.78 Å². The maximum Gasteiger partial charge on any atom is 0.190 e. The second-order valence-electron chi connectivity index (χ2n) is 6.98. The smallest absolute Gasteiger partial charge is 0.190 e. The Kier molecular flexibility index (Phi) is 4.43. The predicted molar refractivity (Wildman–Crippen MR) is 112 cm³/mol. The third kappa shape index (κ3) is 3.20. The lowest BCUT2D eigenvalue weighted by Crippen LogP contribution is -2.10. The van der Waals surface area contributed by atoms with E-state index in [9.17, 15) is 9.18 Å². The SMILES string of the molecule is O=c1ccn2c(-c3ccc(F)cc3)cccc2c1-c1c(F)cc(-c2ncc[nH]2)cc1F. The highest BCUT2D eigenvalue weighted by Gasteiger charge is 2.20. The van der Waals surface area contributed by atoms with Crippen LogP contribution in [-0.2, 0) is 0 Å². The van der Waals surface area contributed by atoms with Gasteiger partial charge < -0.3 is 9.38 Å². The molecule has 0 unspecified atom stereocenters. The van der Waals surface area contributed by atoms with Gasteiger partial charge in [0.1, 0.15) is 23.3 Å². The normalized spacial score (nSPS) is 11.2. The van der Waals surface area contributed by atoms with Crippen LogP contribution in [0.2, 0.25) is 0 Å². The molecule has 0 radical (unpaired) electrons. The molecule has 0 fully saturated rings. The highest BCUT2D eigenvalue weighted by Crippen LogP contribution is 2.32. The van der Waals surface area contributed by atoms with E-state index in [1.54, 1.807) is 40.9 Å². The lowest BCUT2D eigenvalue weighted by Gasteiger charge is -2.14. The van der Waals surface area contributed by atoms with Crippen LogP contribution in [0.3, 0.4) is 0 Å². The number of pyridine rings is 2. The minimum Gasteiger partial charge on any atom is -0.345 e. The largest absolute Gasteiger partial charge is 0.345 e. The van der Waals surface area contributed by atoms with E-state index in [1.807, 2.05) is 0 Å². The quantitative estimate of drug-likeness (QED) is 0.425. The fourth-order valence-corrected chi connectivity index (χ4v) is 3.72. The molecule has 2 aromatic carbocycles. The van der Waals surface area contributed by atoms with E-state index in [0.717, 1.165) is 12.1 Å². The topological polar surface area (TPSA) is 50.2 Å². The maximum absolute atomic E-state index is 15.1. The lowest BCUT2D eigenvalue weighted by atomic mass is 10.00. The van der Waals surface area contributed by atoms with E-state index in [1.165, 1.54) is 30.6 Å². The van der Waals surface area contributed by atoms with Crippen molar-refractivity contribution in [1.29, 1.82) is 0 Å². The minimum absolute atomic E-state index is 0.0903. The first-order chi connectivity index (χ1) is 15.0. The summed E-state index contributed by atoms with van der Waals surface area (Å²) < 4.78 is 45.2. The first kappa shape index (κ1) is 18.9. The Hall–Kier alpha value is -4.13. The van der Waals surface area contributed by atoms with Gasteiger partial charge in [0.15, 0.2) is 5.43 Å². The van der Waals surface area contributed by atoms with Gasteiger partial charge in [-0.15, -0.1) is 0 Å². The Balaban J connectivity index is 1.76. The highest BCUT2D eigenvalue weighted by atomic mass is 19.1. The monoisotopic (exact) mass is 417 g/mol. The van der Waals surface area contributed by atoms with Crippen LogP contribution < -0.4 is 5.43 Å². The van der Waals surface area contributed by atoms with Crippen molar-refractivity contribution in [3.63, 3.8) is 0 Å². The Morgan fingerprint density at radius 1 is 0.839 bits per heavy atom. The zero-order valence-corrected chi connectivity index (χ0v) is 15.9. The average Bonchev–Trinajstić information content (AvgIpc) is 3.30. The molecule has 0 bridgehead atoms. The van der Waals surface area contributed by atoms with Crippen LogP contribution in [0.1, 0.15) is 0 Å². The number of fused-ring (bicyclic) bond motifs is 1. The number of nitrogens with zero attached hydrogens (tertiary/aromatic N) is 2. The van der Waals surface area contributed by atoms with Gasteiger partial charge in [-0.25, -0.2) is 18.2 Å². The summed E-state index contributed by atoms with van der Waals surface area (Å²) >= 11 is 0. The average molecular weight is 417 g/mol. The molecule has 5 aromatic rings. The Bertz CT molecular complexity index is 1450. The van der Waals surface area contributed by atoms with Gasteiger partial charge >= 0.3 is 0 Å². The van der Waals surface area contributed by atoms with Crippen LogP contribution in [0, 0.1) is 17.5 Å². The molecule has 0 saturated heterocycles. The summed E-state index contributed by atoms with van der Waals surface area (Å²) in [5, 5.41) is 0. The highest BCUT2D eigenvalue weighted by molar-refractivity contribution is 5.83. The fraction of sp³-hybridized carbons (Fsp3) is 0. The van der Waals surface area contributed by atoms with Crippen molar-refractivity contribution >= 4 is 5.52 Å². The Morgan fingerprint density at radius 2 is 1.58 bits per heavy atom. The Morgan fingerprint density at radius 3 is 2.26 bits per heavy atom. The van der Waals surface area contributed by atoms with Crippen LogP contribution >= 0.6 is 0 Å². The van der Waals surface area contributed by atoms with E-state index < -0.39 is 22.6 Å². The van der Waals surface area contributed by atoms with Crippen LogP contribution in [0.15, 0.2) is 84.0 Å². The molecule has 3 heterocycles. The van der Waals surface area contributed by atoms with Crippen molar-refractivity contribution in [2.75, 3.05) is 0 Å². The van der Waals surface area contributed by atoms with Gasteiger partial charge in [-0.2, -0.15) is 0 Å². The van der Waals surface area contributed by atoms with Crippen LogP contribution in [0.25, 0.3) is 39.3 Å². The molecule has 0 saturated carbocycles. The third-order valence-electron chi connectivity index (χ3n) is 5.11. The summed E-state index contributed by atoms with van der Waals surface area (Å²) in [6, 6.07) is 14.5. The van der Waals surface area contributed by atoms with E-state index in [2.05, 4.69) is 9.97 Å². The van der Waals surface area contributed by atoms with Crippen molar-refractivity contribution in [1.82, 2.24) is 14.4 Å². The number of imidazole rings is 1. The second kappa shape index (κ2) is 7.28. The number of hydrogen-bond donors (Lipinski definition) is 1. The van der Waals surface area contributed by atoms with Gasteiger partial charge in [-0.3, -0.25) is 4.79 Å². The molecule has 0 aliphatic carbocycles. The summed E-state index contributed by atoms with van der Waals surface area (Å²) in [7, 11) is 0. The molecule has 0 aliphatic heterocycles. The van der Waals surface area contributed by atoms with Gasteiger partial charge in [0, 0.05) is 30.2 Å². The van der Waals surface area contributed by atoms with Crippen molar-refractivity contribution < 1.29 is 13.2 Å². The van der Waals surface area contributed by atoms with E-state index in [-0.39, 0.29) is 16.9 Å². The number of H-pyrrole nitrogens is 1. The molecule has 31 heavy (non-hydrogen) atoms. The van der Waals surface area contributed by atoms with Crippen molar-refractivity contribution in [2.24, 2.45) is 0 Å². The lowest BCUT2D eigenvalue weighted by molar-refractivity contribution is 0.590. The molecule has 7 heteroatoms. The summed E-state index contributed by atoms with van der Waals surface area (Å²) in [6.07, 6.45) is 4.56. The fourth-order valence-electron chi connectivity index (χ4n) is 3.72. The number of benzene rings is 2. The third-order valence-corrected chi connectivity index (χ3v) is 5.11. The number of nitrogens with one attached hydrogen (secondary N) is 1. The summed E-state index contributed by atoms with van der Waals surface area (Å²) in [5.41, 5.74) is 0.887. The van der Waals surface area contributed by atoms with Gasteiger partial charge in [0.05, 0.1) is 22.3 Å². The molecule has 5 rings (SSSR count). The molecule has 0 amide bonds. The zero-order valence-electron chi connectivity index (χ0n) is 15.9. The van der Waals surface area contributed by atoms with Gasteiger partial charge in [-0.05, 0) is 54.1 Å². The van der Waals surface area contributed by atoms with Gasteiger partial charge in [-0.1, -0.05) is 6.07 Å². The number of aromatic amines is 1. The van der Waals surface area contributed by atoms with Crippen LogP contribution in [0.4, 0.5) is 13.2 Å². The van der Waals surface area contributed by atoms with E-state index in [4.69, 9.17) is 0 Å². The van der Waals surface area contributed by atoms with Crippen LogP contribution in [-0.4, -0.2) is 14.4 Å². The number of halogens is 3. The molecule has 4 nitrogen and oxygen atoms in total. The first-order valence-corrected chi connectivity index (χ1v) is 9.42. The van der Waals surface area contributed by atoms with Crippen LogP contribution in [0.5, 0.6) is 0 Å². The van der Waals surface area contributed by atoms with Gasteiger partial charge in [0.25, 0.3) is 0 Å². The number of rotatable bonds is 3. The second-order valence-corrected chi connectivity index (χ2v) is 6.98. The zero-order chi connectivity index (χ0) is 21.5. The summed E-state index contributed by atoms with van der Waals surface area (Å²) in [4.78, 5) is 19.5. The molecular weight excluding hydrogens is 403 g/mol. The molecular formula is C24H14F3N3O. The minimum atomic E-state index is -0.871. The van der Waals surface area contributed by atoms with E-state index in [0.29, 0.717) is 22.6 Å². The Labute approximate surface area is 174 Å². The standard InChI is InChI=1S/C24H14F3N3O/c25-16-6-4-14(5-7-16)19-2-1-3-20-23(21(31)8-11-30(19)20)22-17(26)12-15(13-18(22)27)24-28-9-10-29-24/h1-13H,(H,28,29). The molecule has 1 N–H and O–H groups in total. The molecule has 3 aromatic heterocycles. The number of aromatic nitrogens is 3. The number of hydrogen-bond acceptors (Lipinski definition) is 2. The van der Waals surface area contributed by atoms with Crippen molar-refractivity contribution in [2.45, 2.75) is 0 Å². The molecule has 0 aliphatic rings. The molecule has 152 valence electrons. The van der Waals surface area contributed by atoms with Crippen molar-refractivity contribution in [3.8, 4) is 33.8 Å². The maximum atomic E-state index is 15.1. The molecule has 0 atom stereocenters. The predicted octanol–water partition coefficient (Wildman–Crippen LogP) is 5.44.